The molecule has 28 heavy (non-hydrogen) atoms. The van der Waals surface area contributed by atoms with E-state index in [1.54, 1.807) is 17.0 Å². The van der Waals surface area contributed by atoms with Gasteiger partial charge in [-0.05, 0) is 24.3 Å². The Labute approximate surface area is 177 Å². The number of nitrogens with zero attached hydrogens (tertiary/aromatic N) is 2. The summed E-state index contributed by atoms with van der Waals surface area (Å²) in [6, 6.07) is 8.90. The van der Waals surface area contributed by atoms with Crippen molar-refractivity contribution in [3.8, 4) is 0 Å². The van der Waals surface area contributed by atoms with Gasteiger partial charge in [0.2, 0.25) is 5.91 Å². The third-order valence-corrected chi connectivity index (χ3v) is 5.22. The molecule has 0 atom stereocenters. The molecule has 0 aliphatic carbocycles. The summed E-state index contributed by atoms with van der Waals surface area (Å²) in [5.41, 5.74) is 0.367. The first kappa shape index (κ1) is 20.9. The largest absolute Gasteiger partial charge is 0.336 e. The minimum atomic E-state index is -0.536. The molecule has 2 aromatic carbocycles. The van der Waals surface area contributed by atoms with Crippen LogP contribution in [0.2, 0.25) is 15.1 Å². The second kappa shape index (κ2) is 9.09. The van der Waals surface area contributed by atoms with Gasteiger partial charge in [-0.15, -0.1) is 0 Å². The Hall–Kier alpha value is -1.86. The second-order valence-electron chi connectivity index (χ2n) is 6.34. The van der Waals surface area contributed by atoms with Gasteiger partial charge in [0.25, 0.3) is 5.91 Å². The minimum Gasteiger partial charge on any atom is -0.336 e. The predicted octanol–water partition coefficient (Wildman–Crippen LogP) is 4.18. The molecule has 1 aliphatic heterocycles. The van der Waals surface area contributed by atoms with Crippen LogP contribution in [-0.4, -0.2) is 54.3 Å². The maximum Gasteiger partial charge on any atom is 0.256 e. The number of nitrogens with one attached hydrogen (secondary N) is 1. The molecule has 1 fully saturated rings. The van der Waals surface area contributed by atoms with Crippen molar-refractivity contribution in [1.82, 2.24) is 9.80 Å². The number of rotatable bonds is 4. The van der Waals surface area contributed by atoms with Crippen molar-refractivity contribution in [2.75, 3.05) is 38.0 Å². The molecule has 0 aromatic heterocycles. The van der Waals surface area contributed by atoms with Crippen LogP contribution in [0.25, 0.3) is 0 Å². The van der Waals surface area contributed by atoms with Crippen LogP contribution < -0.4 is 5.32 Å². The highest BCUT2D eigenvalue weighted by atomic mass is 35.5. The summed E-state index contributed by atoms with van der Waals surface area (Å²) in [6.45, 7) is 1.92. The fourth-order valence-corrected chi connectivity index (χ4v) is 3.87. The van der Waals surface area contributed by atoms with Crippen molar-refractivity contribution in [3.05, 3.63) is 62.8 Å². The second-order valence-corrected chi connectivity index (χ2v) is 7.59. The Kier molecular flexibility index (Phi) is 6.78. The summed E-state index contributed by atoms with van der Waals surface area (Å²) in [5.74, 6) is -1.16. The zero-order valence-corrected chi connectivity index (χ0v) is 17.0. The Morgan fingerprint density at radius 3 is 2.21 bits per heavy atom. The first-order valence-corrected chi connectivity index (χ1v) is 9.69. The monoisotopic (exact) mass is 443 g/mol. The van der Waals surface area contributed by atoms with Gasteiger partial charge in [-0.2, -0.15) is 0 Å². The van der Waals surface area contributed by atoms with E-state index in [9.17, 15) is 14.0 Å². The van der Waals surface area contributed by atoms with E-state index in [0.29, 0.717) is 36.9 Å². The lowest BCUT2D eigenvalue weighted by molar-refractivity contribution is -0.117. The summed E-state index contributed by atoms with van der Waals surface area (Å²) < 4.78 is 13.8. The summed E-state index contributed by atoms with van der Waals surface area (Å²) in [5, 5.41) is 3.58. The fourth-order valence-electron chi connectivity index (χ4n) is 2.96. The average Bonchev–Trinajstić information content (AvgIpc) is 2.65. The number of piperazine rings is 1. The van der Waals surface area contributed by atoms with E-state index in [1.807, 2.05) is 4.90 Å². The first-order valence-electron chi connectivity index (χ1n) is 8.55. The molecule has 2 aromatic rings. The van der Waals surface area contributed by atoms with E-state index in [1.165, 1.54) is 24.3 Å². The number of amides is 2. The fraction of sp³-hybridized carbons (Fsp3) is 0.263. The Balaban J connectivity index is 1.54. The van der Waals surface area contributed by atoms with Gasteiger partial charge in [-0.3, -0.25) is 14.5 Å². The van der Waals surface area contributed by atoms with Gasteiger partial charge in [-0.1, -0.05) is 46.9 Å². The quantitative estimate of drug-likeness (QED) is 0.770. The third kappa shape index (κ3) is 4.94. The standard InChI is InChI=1S/C19H17Cl3FN3O2/c20-12-9-14(21)18(15(22)10-12)24-17(27)11-25-5-7-26(8-6-25)19(28)13-3-1-2-4-16(13)23/h1-4,9-10H,5-8,11H2,(H,24,27). The van der Waals surface area contributed by atoms with Gasteiger partial charge in [0.15, 0.2) is 0 Å². The molecule has 1 N–H and O–H groups in total. The zero-order chi connectivity index (χ0) is 20.3. The normalized spacial score (nSPS) is 14.8. The van der Waals surface area contributed by atoms with E-state index < -0.39 is 5.82 Å². The SMILES string of the molecule is O=C(CN1CCN(C(=O)c2ccccc2F)CC1)Nc1c(Cl)cc(Cl)cc1Cl. The van der Waals surface area contributed by atoms with E-state index in [-0.39, 0.29) is 34.0 Å². The van der Waals surface area contributed by atoms with Crippen LogP contribution in [0.15, 0.2) is 36.4 Å². The summed E-state index contributed by atoms with van der Waals surface area (Å²) in [7, 11) is 0. The van der Waals surface area contributed by atoms with Crippen LogP contribution in [0.5, 0.6) is 0 Å². The molecule has 2 amide bonds. The summed E-state index contributed by atoms with van der Waals surface area (Å²) in [6.07, 6.45) is 0. The Bertz CT molecular complexity index is 879. The highest BCUT2D eigenvalue weighted by Gasteiger charge is 2.25. The topological polar surface area (TPSA) is 52.7 Å². The molecule has 0 saturated carbocycles. The van der Waals surface area contributed by atoms with Crippen LogP contribution in [0.3, 0.4) is 0 Å². The van der Waals surface area contributed by atoms with Crippen molar-refractivity contribution in [3.63, 3.8) is 0 Å². The molecule has 1 saturated heterocycles. The highest BCUT2D eigenvalue weighted by molar-refractivity contribution is 6.42. The van der Waals surface area contributed by atoms with Gasteiger partial charge in [0.1, 0.15) is 5.82 Å². The molecule has 0 radical (unpaired) electrons. The number of hydrogen-bond acceptors (Lipinski definition) is 3. The molecular formula is C19H17Cl3FN3O2. The van der Waals surface area contributed by atoms with Crippen LogP contribution in [0.4, 0.5) is 10.1 Å². The van der Waals surface area contributed by atoms with Crippen LogP contribution in [-0.2, 0) is 4.79 Å². The van der Waals surface area contributed by atoms with Gasteiger partial charge in [0, 0.05) is 31.2 Å². The predicted molar refractivity (Wildman–Crippen MR) is 109 cm³/mol. The summed E-state index contributed by atoms with van der Waals surface area (Å²) in [4.78, 5) is 28.2. The van der Waals surface area contributed by atoms with Gasteiger partial charge >= 0.3 is 0 Å². The van der Waals surface area contributed by atoms with E-state index in [4.69, 9.17) is 34.8 Å². The van der Waals surface area contributed by atoms with Gasteiger partial charge in [-0.25, -0.2) is 4.39 Å². The van der Waals surface area contributed by atoms with Crippen LogP contribution >= 0.6 is 34.8 Å². The number of benzene rings is 2. The van der Waals surface area contributed by atoms with Crippen LogP contribution in [0, 0.1) is 5.82 Å². The number of hydrogen-bond donors (Lipinski definition) is 1. The molecule has 1 aliphatic rings. The molecule has 148 valence electrons. The molecule has 0 unspecified atom stereocenters. The van der Waals surface area contributed by atoms with Crippen molar-refractivity contribution in [2.45, 2.75) is 0 Å². The van der Waals surface area contributed by atoms with Crippen molar-refractivity contribution < 1.29 is 14.0 Å². The van der Waals surface area contributed by atoms with E-state index in [2.05, 4.69) is 5.32 Å². The number of anilines is 1. The minimum absolute atomic E-state index is 0.0562. The van der Waals surface area contributed by atoms with Crippen molar-refractivity contribution in [2.24, 2.45) is 0 Å². The lowest BCUT2D eigenvalue weighted by Gasteiger charge is -2.34. The van der Waals surface area contributed by atoms with Gasteiger partial charge in [0.05, 0.1) is 27.8 Å². The number of carbonyl (C=O) groups excluding carboxylic acids is 2. The zero-order valence-electron chi connectivity index (χ0n) is 14.7. The van der Waals surface area contributed by atoms with Gasteiger partial charge < -0.3 is 10.2 Å². The molecule has 0 bridgehead atoms. The molecule has 0 spiro atoms. The molecular weight excluding hydrogens is 428 g/mol. The highest BCUT2D eigenvalue weighted by Crippen LogP contribution is 2.33. The molecule has 3 rings (SSSR count). The number of halogens is 4. The Morgan fingerprint density at radius 2 is 1.61 bits per heavy atom. The van der Waals surface area contributed by atoms with Crippen LogP contribution in [0.1, 0.15) is 10.4 Å². The molecule has 9 heteroatoms. The summed E-state index contributed by atoms with van der Waals surface area (Å²) >= 11 is 18.0. The maximum absolute atomic E-state index is 13.8. The molecule has 1 heterocycles. The lowest BCUT2D eigenvalue weighted by Crippen LogP contribution is -2.50. The average molecular weight is 445 g/mol. The van der Waals surface area contributed by atoms with E-state index in [0.717, 1.165) is 0 Å². The first-order chi connectivity index (χ1) is 13.3. The Morgan fingerprint density at radius 1 is 1.00 bits per heavy atom. The molecule has 5 nitrogen and oxygen atoms in total. The van der Waals surface area contributed by atoms with E-state index >= 15 is 0 Å². The smallest absolute Gasteiger partial charge is 0.256 e. The third-order valence-electron chi connectivity index (χ3n) is 4.40. The van der Waals surface area contributed by atoms with Crippen molar-refractivity contribution in [1.29, 1.82) is 0 Å². The van der Waals surface area contributed by atoms with Crippen molar-refractivity contribution >= 4 is 52.3 Å². The lowest BCUT2D eigenvalue weighted by atomic mass is 10.1. The number of carbonyl (C=O) groups is 2. The maximum atomic E-state index is 13.8.